The van der Waals surface area contributed by atoms with Crippen LogP contribution in [0, 0.1) is 0 Å². The van der Waals surface area contributed by atoms with Gasteiger partial charge < -0.3 is 18.9 Å². The summed E-state index contributed by atoms with van der Waals surface area (Å²) in [6.07, 6.45) is 3.52. The number of nitrogens with zero attached hydrogens (tertiary/aromatic N) is 1. The predicted molar refractivity (Wildman–Crippen MR) is 155 cm³/mol. The fraction of sp³-hybridized carbons (Fsp3) is 0.219. The molecule has 0 spiro atoms. The van der Waals surface area contributed by atoms with Gasteiger partial charge in [0.15, 0.2) is 6.61 Å². The number of fused-ring (bicyclic) bond motifs is 1. The molecule has 0 aliphatic rings. The van der Waals surface area contributed by atoms with Crippen molar-refractivity contribution in [2.24, 2.45) is 5.10 Å². The maximum Gasteiger partial charge on any atom is 0.343 e. The molecule has 0 unspecified atom stereocenters. The Balaban J connectivity index is 1.40. The van der Waals surface area contributed by atoms with Crippen LogP contribution in [0.3, 0.4) is 0 Å². The first-order chi connectivity index (χ1) is 19.6. The summed E-state index contributed by atoms with van der Waals surface area (Å²) in [5, 5.41) is 5.85. The molecule has 40 heavy (non-hydrogen) atoms. The van der Waals surface area contributed by atoms with E-state index in [0.717, 1.165) is 29.4 Å². The Hall–Kier alpha value is -4.85. The average Bonchev–Trinajstić information content (AvgIpc) is 2.98. The second kappa shape index (κ2) is 14.3. The highest BCUT2D eigenvalue weighted by molar-refractivity contribution is 6.04. The summed E-state index contributed by atoms with van der Waals surface area (Å²) in [6, 6.07) is 25.0. The number of rotatable bonds is 13. The normalized spacial score (nSPS) is 10.8. The van der Waals surface area contributed by atoms with Crippen molar-refractivity contribution >= 4 is 28.9 Å². The molecule has 1 N–H and O–H groups in total. The summed E-state index contributed by atoms with van der Waals surface area (Å²) in [4.78, 5) is 25.2. The summed E-state index contributed by atoms with van der Waals surface area (Å²) in [7, 11) is 0. The van der Waals surface area contributed by atoms with Gasteiger partial charge in [-0.1, -0.05) is 43.7 Å². The molecule has 1 amide bonds. The lowest BCUT2D eigenvalue weighted by atomic mass is 10.0. The molecule has 206 valence electrons. The van der Waals surface area contributed by atoms with E-state index in [-0.39, 0.29) is 6.61 Å². The fourth-order valence-electron chi connectivity index (χ4n) is 3.83. The zero-order valence-electron chi connectivity index (χ0n) is 22.6. The van der Waals surface area contributed by atoms with Gasteiger partial charge in [0, 0.05) is 5.56 Å². The Kier molecular flexibility index (Phi) is 10.1. The van der Waals surface area contributed by atoms with Crippen molar-refractivity contribution in [2.45, 2.75) is 26.7 Å². The van der Waals surface area contributed by atoms with Gasteiger partial charge in [0.25, 0.3) is 5.91 Å². The molecule has 0 aliphatic carbocycles. The third-order valence-electron chi connectivity index (χ3n) is 5.88. The molecule has 4 rings (SSSR count). The van der Waals surface area contributed by atoms with Crippen LogP contribution in [0.2, 0.25) is 0 Å². The number of esters is 1. The zero-order chi connectivity index (χ0) is 28.2. The van der Waals surface area contributed by atoms with E-state index in [2.05, 4.69) is 17.5 Å². The number of nitrogens with one attached hydrogen (secondary N) is 1. The molecule has 4 aromatic rings. The van der Waals surface area contributed by atoms with E-state index < -0.39 is 11.9 Å². The first-order valence-corrected chi connectivity index (χ1v) is 13.2. The molecule has 0 saturated heterocycles. The highest BCUT2D eigenvalue weighted by Gasteiger charge is 2.14. The van der Waals surface area contributed by atoms with Crippen molar-refractivity contribution in [1.82, 2.24) is 5.43 Å². The third-order valence-corrected chi connectivity index (χ3v) is 5.88. The maximum atomic E-state index is 12.9. The summed E-state index contributed by atoms with van der Waals surface area (Å²) in [5.74, 6) is 1.32. The van der Waals surface area contributed by atoms with Crippen LogP contribution in [-0.2, 0) is 4.79 Å². The molecular weight excluding hydrogens is 508 g/mol. The molecule has 0 aliphatic heterocycles. The Morgan fingerprint density at radius 3 is 2.20 bits per heavy atom. The van der Waals surface area contributed by atoms with Crippen molar-refractivity contribution in [1.29, 1.82) is 0 Å². The van der Waals surface area contributed by atoms with Gasteiger partial charge in [-0.3, -0.25) is 4.79 Å². The quantitative estimate of drug-likeness (QED) is 0.0717. The molecule has 0 atom stereocenters. The fourth-order valence-corrected chi connectivity index (χ4v) is 3.83. The summed E-state index contributed by atoms with van der Waals surface area (Å²) < 4.78 is 22.3. The van der Waals surface area contributed by atoms with Gasteiger partial charge in [-0.15, -0.1) is 0 Å². The number of hydrazone groups is 1. The van der Waals surface area contributed by atoms with Crippen LogP contribution in [0.1, 0.15) is 42.6 Å². The standard InChI is InChI=1S/C32H32N2O6/c1-3-5-20-38-26-15-17-27(18-16-26)39-22-31(35)34-33-21-29-28-9-7-6-8-23(28)12-19-30(29)40-32(36)24-10-13-25(14-11-24)37-4-2/h6-19,21H,3-5,20,22H2,1-2H3,(H,34,35). The van der Waals surface area contributed by atoms with Crippen LogP contribution in [0.5, 0.6) is 23.0 Å². The summed E-state index contributed by atoms with van der Waals surface area (Å²) in [5.41, 5.74) is 3.40. The Morgan fingerprint density at radius 2 is 1.48 bits per heavy atom. The van der Waals surface area contributed by atoms with E-state index in [1.54, 1.807) is 54.6 Å². The van der Waals surface area contributed by atoms with Gasteiger partial charge >= 0.3 is 5.97 Å². The van der Waals surface area contributed by atoms with Gasteiger partial charge in [0.2, 0.25) is 0 Å². The van der Waals surface area contributed by atoms with Crippen LogP contribution in [0.4, 0.5) is 0 Å². The Morgan fingerprint density at radius 1 is 0.800 bits per heavy atom. The molecule has 4 aromatic carbocycles. The van der Waals surface area contributed by atoms with Crippen LogP contribution in [-0.4, -0.2) is 37.9 Å². The Bertz CT molecular complexity index is 1450. The molecule has 0 heterocycles. The van der Waals surface area contributed by atoms with Gasteiger partial charge in [0.1, 0.15) is 23.0 Å². The largest absolute Gasteiger partial charge is 0.494 e. The average molecular weight is 541 g/mol. The minimum atomic E-state index is -0.521. The molecule has 8 heteroatoms. The lowest BCUT2D eigenvalue weighted by molar-refractivity contribution is -0.123. The molecule has 0 radical (unpaired) electrons. The molecule has 8 nitrogen and oxygen atoms in total. The van der Waals surface area contributed by atoms with Crippen molar-refractivity contribution in [2.75, 3.05) is 19.8 Å². The number of amides is 1. The van der Waals surface area contributed by atoms with Gasteiger partial charge in [-0.05, 0) is 78.7 Å². The van der Waals surface area contributed by atoms with E-state index in [4.69, 9.17) is 18.9 Å². The van der Waals surface area contributed by atoms with Crippen LogP contribution < -0.4 is 24.4 Å². The van der Waals surface area contributed by atoms with Crippen molar-refractivity contribution in [3.8, 4) is 23.0 Å². The van der Waals surface area contributed by atoms with E-state index in [9.17, 15) is 9.59 Å². The number of ether oxygens (including phenoxy) is 4. The van der Waals surface area contributed by atoms with E-state index >= 15 is 0 Å². The smallest absolute Gasteiger partial charge is 0.343 e. The van der Waals surface area contributed by atoms with E-state index in [1.165, 1.54) is 6.21 Å². The molecule has 0 fully saturated rings. The number of hydrogen-bond donors (Lipinski definition) is 1. The van der Waals surface area contributed by atoms with Crippen molar-refractivity contribution in [3.05, 3.63) is 96.1 Å². The SMILES string of the molecule is CCCCOc1ccc(OCC(=O)NN=Cc2c(OC(=O)c3ccc(OCC)cc3)ccc3ccccc23)cc1. The first-order valence-electron chi connectivity index (χ1n) is 13.2. The lowest BCUT2D eigenvalue weighted by Crippen LogP contribution is -2.24. The number of hydrogen-bond acceptors (Lipinski definition) is 7. The minimum absolute atomic E-state index is 0.220. The Labute approximate surface area is 233 Å². The van der Waals surface area contributed by atoms with Gasteiger partial charge in [-0.25, -0.2) is 10.2 Å². The van der Waals surface area contributed by atoms with Crippen LogP contribution >= 0.6 is 0 Å². The highest BCUT2D eigenvalue weighted by Crippen LogP contribution is 2.28. The lowest BCUT2D eigenvalue weighted by Gasteiger charge is -2.11. The topological polar surface area (TPSA) is 95.5 Å². The molecule has 0 saturated carbocycles. The molecule has 0 aromatic heterocycles. The number of carbonyl (C=O) groups excluding carboxylic acids is 2. The first kappa shape index (κ1) is 28.2. The maximum absolute atomic E-state index is 12.9. The number of unbranched alkanes of at least 4 members (excludes halogenated alkanes) is 1. The van der Waals surface area contributed by atoms with Crippen LogP contribution in [0.15, 0.2) is 90.0 Å². The van der Waals surface area contributed by atoms with Crippen molar-refractivity contribution in [3.63, 3.8) is 0 Å². The monoisotopic (exact) mass is 540 g/mol. The van der Waals surface area contributed by atoms with E-state index in [0.29, 0.717) is 41.6 Å². The number of benzene rings is 4. The van der Waals surface area contributed by atoms with E-state index in [1.807, 2.05) is 37.3 Å². The molecule has 0 bridgehead atoms. The third kappa shape index (κ3) is 7.83. The van der Waals surface area contributed by atoms with Crippen LogP contribution in [0.25, 0.3) is 10.8 Å². The minimum Gasteiger partial charge on any atom is -0.494 e. The summed E-state index contributed by atoms with van der Waals surface area (Å²) >= 11 is 0. The summed E-state index contributed by atoms with van der Waals surface area (Å²) in [6.45, 7) is 4.98. The van der Waals surface area contributed by atoms with Crippen molar-refractivity contribution < 1.29 is 28.5 Å². The highest BCUT2D eigenvalue weighted by atomic mass is 16.5. The predicted octanol–water partition coefficient (Wildman–Crippen LogP) is 6.17. The number of carbonyl (C=O) groups is 2. The second-order valence-electron chi connectivity index (χ2n) is 8.80. The molecular formula is C32H32N2O6. The second-order valence-corrected chi connectivity index (χ2v) is 8.80. The van der Waals surface area contributed by atoms with Gasteiger partial charge in [0.05, 0.1) is 25.0 Å². The zero-order valence-corrected chi connectivity index (χ0v) is 22.6. The van der Waals surface area contributed by atoms with Gasteiger partial charge in [-0.2, -0.15) is 5.10 Å².